The van der Waals surface area contributed by atoms with Crippen molar-refractivity contribution in [2.24, 2.45) is 5.73 Å². The summed E-state index contributed by atoms with van der Waals surface area (Å²) in [7, 11) is 0. The molecule has 1 rings (SSSR count). The minimum atomic E-state index is -4.46. The number of halogens is 3. The van der Waals surface area contributed by atoms with E-state index in [4.69, 9.17) is 5.73 Å². The van der Waals surface area contributed by atoms with Crippen molar-refractivity contribution in [3.8, 4) is 11.5 Å². The molecule has 0 saturated carbocycles. The average molecular weight is 235 g/mol. The van der Waals surface area contributed by atoms with E-state index >= 15 is 0 Å². The summed E-state index contributed by atoms with van der Waals surface area (Å²) < 4.78 is 39.7. The van der Waals surface area contributed by atoms with E-state index in [1.165, 1.54) is 0 Å². The Morgan fingerprint density at radius 2 is 2.06 bits per heavy atom. The van der Waals surface area contributed by atoms with E-state index in [0.717, 1.165) is 18.2 Å². The number of alkyl halides is 3. The van der Waals surface area contributed by atoms with Crippen LogP contribution >= 0.6 is 0 Å². The molecule has 0 aliphatic carbocycles. The van der Waals surface area contributed by atoms with Crippen molar-refractivity contribution in [3.63, 3.8) is 0 Å². The fourth-order valence-electron chi connectivity index (χ4n) is 0.975. The van der Waals surface area contributed by atoms with Crippen molar-refractivity contribution in [1.82, 2.24) is 0 Å². The summed E-state index contributed by atoms with van der Waals surface area (Å²) in [6, 6.07) is 3.10. The molecule has 7 heteroatoms. The minimum Gasteiger partial charge on any atom is -0.507 e. The number of hydrogen-bond acceptors (Lipinski definition) is 3. The Hall–Kier alpha value is -1.92. The number of phenols is 1. The maximum atomic E-state index is 11.8. The van der Waals surface area contributed by atoms with Crippen LogP contribution in [0, 0.1) is 0 Å². The topological polar surface area (TPSA) is 72.6 Å². The van der Waals surface area contributed by atoms with Crippen LogP contribution < -0.4 is 10.5 Å². The number of nitrogens with two attached hydrogens (primary N) is 1. The van der Waals surface area contributed by atoms with E-state index in [9.17, 15) is 23.1 Å². The van der Waals surface area contributed by atoms with Gasteiger partial charge in [0, 0.05) is 6.07 Å². The van der Waals surface area contributed by atoms with Gasteiger partial charge in [-0.25, -0.2) is 0 Å². The van der Waals surface area contributed by atoms with Gasteiger partial charge in [-0.3, -0.25) is 4.79 Å². The molecule has 4 nitrogen and oxygen atoms in total. The second-order valence-corrected chi connectivity index (χ2v) is 2.95. The highest BCUT2D eigenvalue weighted by Crippen LogP contribution is 2.25. The van der Waals surface area contributed by atoms with E-state index in [1.54, 1.807) is 0 Å². The van der Waals surface area contributed by atoms with E-state index in [-0.39, 0.29) is 11.3 Å². The molecule has 16 heavy (non-hydrogen) atoms. The van der Waals surface area contributed by atoms with Gasteiger partial charge in [0.1, 0.15) is 11.5 Å². The van der Waals surface area contributed by atoms with Crippen LogP contribution in [0.1, 0.15) is 10.4 Å². The number of benzene rings is 1. The summed E-state index contributed by atoms with van der Waals surface area (Å²) in [5, 5.41) is 9.23. The first-order valence-corrected chi connectivity index (χ1v) is 4.12. The van der Waals surface area contributed by atoms with E-state index in [0.29, 0.717) is 0 Å². The second-order valence-electron chi connectivity index (χ2n) is 2.95. The molecule has 0 heterocycles. The summed E-state index contributed by atoms with van der Waals surface area (Å²) in [4.78, 5) is 10.7. The molecule has 0 fully saturated rings. The maximum Gasteiger partial charge on any atom is 0.422 e. The first-order valence-electron chi connectivity index (χ1n) is 4.12. The fourth-order valence-corrected chi connectivity index (χ4v) is 0.975. The average Bonchev–Trinajstić information content (AvgIpc) is 2.13. The molecule has 0 spiro atoms. The summed E-state index contributed by atoms with van der Waals surface area (Å²) in [5.74, 6) is -1.59. The molecule has 1 aromatic rings. The minimum absolute atomic E-state index is 0.181. The molecular weight excluding hydrogens is 227 g/mol. The summed E-state index contributed by atoms with van der Waals surface area (Å²) >= 11 is 0. The van der Waals surface area contributed by atoms with Gasteiger partial charge in [0.05, 0.1) is 5.56 Å². The number of carbonyl (C=O) groups excluding carboxylic acids is 1. The summed E-state index contributed by atoms with van der Waals surface area (Å²) in [6.07, 6.45) is -4.46. The Balaban J connectivity index is 2.78. The fraction of sp³-hybridized carbons (Fsp3) is 0.222. The van der Waals surface area contributed by atoms with Crippen molar-refractivity contribution in [2.45, 2.75) is 6.18 Å². The van der Waals surface area contributed by atoms with Gasteiger partial charge in [-0.05, 0) is 12.1 Å². The number of aromatic hydroxyl groups is 1. The molecule has 0 atom stereocenters. The second kappa shape index (κ2) is 4.30. The quantitative estimate of drug-likeness (QED) is 0.832. The summed E-state index contributed by atoms with van der Waals surface area (Å²) in [6.45, 7) is -1.47. The van der Waals surface area contributed by atoms with Crippen LogP contribution in [-0.2, 0) is 0 Å². The molecule has 0 aliphatic heterocycles. The van der Waals surface area contributed by atoms with Crippen LogP contribution in [-0.4, -0.2) is 23.8 Å². The van der Waals surface area contributed by atoms with Gasteiger partial charge in [0.2, 0.25) is 0 Å². The summed E-state index contributed by atoms with van der Waals surface area (Å²) in [5.41, 5.74) is 4.71. The lowest BCUT2D eigenvalue weighted by Crippen LogP contribution is -2.19. The van der Waals surface area contributed by atoms with Crippen LogP contribution in [0.25, 0.3) is 0 Å². The van der Waals surface area contributed by atoms with Gasteiger partial charge < -0.3 is 15.6 Å². The Morgan fingerprint density at radius 1 is 1.44 bits per heavy atom. The Morgan fingerprint density at radius 3 is 2.50 bits per heavy atom. The van der Waals surface area contributed by atoms with Crippen LogP contribution in [0.15, 0.2) is 18.2 Å². The number of amides is 1. The third-order valence-electron chi connectivity index (χ3n) is 1.64. The number of rotatable bonds is 3. The lowest BCUT2D eigenvalue weighted by Gasteiger charge is -2.09. The zero-order valence-corrected chi connectivity index (χ0v) is 7.91. The highest BCUT2D eigenvalue weighted by molar-refractivity contribution is 5.95. The van der Waals surface area contributed by atoms with E-state index < -0.39 is 24.4 Å². The first-order chi connectivity index (χ1) is 7.29. The SMILES string of the molecule is NC(=O)c1ccc(OCC(F)(F)F)cc1O. The zero-order chi connectivity index (χ0) is 12.3. The lowest BCUT2D eigenvalue weighted by molar-refractivity contribution is -0.153. The molecule has 88 valence electrons. The lowest BCUT2D eigenvalue weighted by atomic mass is 10.2. The monoisotopic (exact) mass is 235 g/mol. The van der Waals surface area contributed by atoms with Crippen molar-refractivity contribution < 1.29 is 27.8 Å². The molecule has 0 unspecified atom stereocenters. The zero-order valence-electron chi connectivity index (χ0n) is 7.91. The van der Waals surface area contributed by atoms with Gasteiger partial charge in [-0.2, -0.15) is 13.2 Å². The van der Waals surface area contributed by atoms with Crippen molar-refractivity contribution >= 4 is 5.91 Å². The van der Waals surface area contributed by atoms with Crippen LogP contribution in [0.5, 0.6) is 11.5 Å². The molecule has 0 aromatic heterocycles. The maximum absolute atomic E-state index is 11.8. The Bertz CT molecular complexity index is 403. The molecule has 0 bridgehead atoms. The van der Waals surface area contributed by atoms with Crippen LogP contribution in [0.3, 0.4) is 0 Å². The van der Waals surface area contributed by atoms with E-state index in [1.807, 2.05) is 0 Å². The van der Waals surface area contributed by atoms with Gasteiger partial charge in [-0.15, -0.1) is 0 Å². The molecular formula is C9H8F3NO3. The largest absolute Gasteiger partial charge is 0.507 e. The normalized spacial score (nSPS) is 11.2. The van der Waals surface area contributed by atoms with Gasteiger partial charge in [-0.1, -0.05) is 0 Å². The highest BCUT2D eigenvalue weighted by atomic mass is 19.4. The third kappa shape index (κ3) is 3.34. The standard InChI is InChI=1S/C9H8F3NO3/c10-9(11,12)4-16-5-1-2-6(8(13)15)7(14)3-5/h1-3,14H,4H2,(H2,13,15). The predicted molar refractivity (Wildman–Crippen MR) is 48.2 cm³/mol. The molecule has 0 aliphatic rings. The van der Waals surface area contributed by atoms with Crippen molar-refractivity contribution in [2.75, 3.05) is 6.61 Å². The first kappa shape index (κ1) is 12.2. The third-order valence-corrected chi connectivity index (χ3v) is 1.64. The number of ether oxygens (including phenoxy) is 1. The van der Waals surface area contributed by atoms with Crippen LogP contribution in [0.4, 0.5) is 13.2 Å². The number of carbonyl (C=O) groups is 1. The van der Waals surface area contributed by atoms with Crippen LogP contribution in [0.2, 0.25) is 0 Å². The molecule has 1 amide bonds. The van der Waals surface area contributed by atoms with Gasteiger partial charge >= 0.3 is 6.18 Å². The molecule has 0 radical (unpaired) electrons. The highest BCUT2D eigenvalue weighted by Gasteiger charge is 2.28. The van der Waals surface area contributed by atoms with Gasteiger partial charge in [0.15, 0.2) is 6.61 Å². The Kier molecular flexibility index (Phi) is 3.26. The van der Waals surface area contributed by atoms with Crippen molar-refractivity contribution in [3.05, 3.63) is 23.8 Å². The smallest absolute Gasteiger partial charge is 0.422 e. The van der Waals surface area contributed by atoms with Crippen molar-refractivity contribution in [1.29, 1.82) is 0 Å². The Labute approximate surface area is 88.4 Å². The molecule has 0 saturated heterocycles. The molecule has 3 N–H and O–H groups in total. The number of hydrogen-bond donors (Lipinski definition) is 2. The van der Waals surface area contributed by atoms with E-state index in [2.05, 4.69) is 4.74 Å². The predicted octanol–water partition coefficient (Wildman–Crippen LogP) is 1.43. The molecule has 1 aromatic carbocycles. The number of primary amides is 1. The van der Waals surface area contributed by atoms with Gasteiger partial charge in [0.25, 0.3) is 5.91 Å².